The first kappa shape index (κ1) is 23.6. The fourth-order valence-corrected chi connectivity index (χ4v) is 5.98. The molecule has 0 N–H and O–H groups in total. The molecule has 0 aromatic heterocycles. The largest absolute Gasteiger partial charge is 0.0622 e. The molecule has 0 radical (unpaired) electrons. The zero-order valence-electron chi connectivity index (χ0n) is 16.8. The summed E-state index contributed by atoms with van der Waals surface area (Å²) >= 11 is 0. The first-order valence-corrected chi connectivity index (χ1v) is 13.0. The third-order valence-electron chi connectivity index (χ3n) is 4.57. The maximum Gasteiger partial charge on any atom is 0 e. The van der Waals surface area contributed by atoms with Crippen LogP contribution in [0, 0.1) is 0 Å². The molecule has 0 bridgehead atoms. The van der Waals surface area contributed by atoms with E-state index >= 15 is 0 Å². The van der Waals surface area contributed by atoms with E-state index in [9.17, 15) is 0 Å². The van der Waals surface area contributed by atoms with Gasteiger partial charge in [0.25, 0.3) is 0 Å². The molecule has 0 atom stereocenters. The van der Waals surface area contributed by atoms with Crippen LogP contribution >= 0.6 is 15.8 Å². The normalized spacial score (nSPS) is 10.1. The predicted molar refractivity (Wildman–Crippen MR) is 130 cm³/mol. The Morgan fingerprint density at radius 3 is 0.690 bits per heavy atom. The quantitative estimate of drug-likeness (QED) is 0.256. The van der Waals surface area contributed by atoms with Crippen LogP contribution in [0.5, 0.6) is 0 Å². The Labute approximate surface area is 190 Å². The van der Waals surface area contributed by atoms with E-state index in [1.165, 1.54) is 21.2 Å². The van der Waals surface area contributed by atoms with Gasteiger partial charge in [0.2, 0.25) is 0 Å². The van der Waals surface area contributed by atoms with Gasteiger partial charge in [0.1, 0.15) is 0 Å². The van der Waals surface area contributed by atoms with Crippen LogP contribution in [-0.2, 0) is 19.5 Å². The molecule has 4 aromatic carbocycles. The van der Waals surface area contributed by atoms with E-state index in [1.54, 1.807) is 0 Å². The van der Waals surface area contributed by atoms with E-state index in [2.05, 4.69) is 135 Å². The Hall–Kier alpha value is -1.64. The smallest absolute Gasteiger partial charge is 0 e. The van der Waals surface area contributed by atoms with Crippen molar-refractivity contribution < 1.29 is 19.5 Å². The summed E-state index contributed by atoms with van der Waals surface area (Å²) in [7, 11) is -0.342. The minimum absolute atomic E-state index is 0. The van der Waals surface area contributed by atoms with Crippen molar-refractivity contribution >= 4 is 37.1 Å². The molecule has 4 aromatic rings. The van der Waals surface area contributed by atoms with Crippen LogP contribution in [0.4, 0.5) is 0 Å². The monoisotopic (exact) mass is 502 g/mol. The molecule has 4 rings (SSSR count). The van der Waals surface area contributed by atoms with E-state index < -0.39 is 0 Å². The minimum atomic E-state index is -0.171. The molecule has 148 valence electrons. The van der Waals surface area contributed by atoms with Crippen molar-refractivity contribution in [3.05, 3.63) is 121 Å². The summed E-state index contributed by atoms with van der Waals surface area (Å²) in [6.45, 7) is 4.61. The molecule has 0 saturated heterocycles. The third-order valence-corrected chi connectivity index (χ3v) is 8.86. The SMILES string of the molecule is CP(c1ccccc1)c1ccccc1.CP(c1ccccc1)c1ccccc1.[Ru]. The van der Waals surface area contributed by atoms with Gasteiger partial charge in [-0.15, -0.1) is 0 Å². The number of hydrogen-bond donors (Lipinski definition) is 0. The Morgan fingerprint density at radius 2 is 0.517 bits per heavy atom. The summed E-state index contributed by atoms with van der Waals surface area (Å²) in [5.74, 6) is 0. The summed E-state index contributed by atoms with van der Waals surface area (Å²) in [5, 5.41) is 5.75. The van der Waals surface area contributed by atoms with Gasteiger partial charge in [-0.2, -0.15) is 0 Å². The van der Waals surface area contributed by atoms with Crippen LogP contribution in [0.1, 0.15) is 0 Å². The average Bonchev–Trinajstić information content (AvgIpc) is 2.81. The van der Waals surface area contributed by atoms with Crippen LogP contribution in [-0.4, -0.2) is 13.3 Å². The summed E-state index contributed by atoms with van der Waals surface area (Å²) in [5.41, 5.74) is 0. The van der Waals surface area contributed by atoms with Crippen molar-refractivity contribution in [3.8, 4) is 0 Å². The minimum Gasteiger partial charge on any atom is -0.0622 e. The molecule has 0 amide bonds. The molecule has 0 unspecified atom stereocenters. The van der Waals surface area contributed by atoms with Crippen LogP contribution in [0.3, 0.4) is 0 Å². The Morgan fingerprint density at radius 1 is 0.345 bits per heavy atom. The molecular weight excluding hydrogens is 475 g/mol. The molecule has 0 aliphatic rings. The standard InChI is InChI=1S/2C13H13P.Ru/c2*1-14(12-8-4-2-5-9-12)13-10-6-3-7-11-13;/h2*2-11H,1H3;. The van der Waals surface area contributed by atoms with Crippen molar-refractivity contribution in [1.29, 1.82) is 0 Å². The number of rotatable bonds is 4. The van der Waals surface area contributed by atoms with E-state index in [0.717, 1.165) is 0 Å². The van der Waals surface area contributed by atoms with Crippen LogP contribution in [0.25, 0.3) is 0 Å². The molecular formula is C26H26P2Ru. The summed E-state index contributed by atoms with van der Waals surface area (Å²) in [4.78, 5) is 0. The van der Waals surface area contributed by atoms with Gasteiger partial charge in [-0.05, 0) is 50.4 Å². The second-order valence-electron chi connectivity index (χ2n) is 6.46. The molecule has 3 heteroatoms. The van der Waals surface area contributed by atoms with E-state index in [-0.39, 0.29) is 35.3 Å². The third kappa shape index (κ3) is 7.28. The molecule has 0 fully saturated rings. The van der Waals surface area contributed by atoms with Gasteiger partial charge < -0.3 is 0 Å². The maximum absolute atomic E-state index is 2.31. The predicted octanol–water partition coefficient (Wildman–Crippen LogP) is 5.50. The van der Waals surface area contributed by atoms with Crippen molar-refractivity contribution in [1.82, 2.24) is 0 Å². The summed E-state index contributed by atoms with van der Waals surface area (Å²) < 4.78 is 0. The van der Waals surface area contributed by atoms with E-state index in [4.69, 9.17) is 0 Å². The molecule has 0 aliphatic carbocycles. The Balaban J connectivity index is 0.000000200. The molecule has 0 heterocycles. The fourth-order valence-electron chi connectivity index (χ4n) is 2.90. The topological polar surface area (TPSA) is 0 Å². The van der Waals surface area contributed by atoms with Gasteiger partial charge in [-0.1, -0.05) is 121 Å². The van der Waals surface area contributed by atoms with Gasteiger partial charge in [0.15, 0.2) is 0 Å². The Kier molecular flexibility index (Phi) is 10.5. The number of hydrogen-bond acceptors (Lipinski definition) is 0. The van der Waals surface area contributed by atoms with Crippen LogP contribution in [0.15, 0.2) is 121 Å². The fraction of sp³-hybridized carbons (Fsp3) is 0.0769. The van der Waals surface area contributed by atoms with Gasteiger partial charge in [-0.3, -0.25) is 0 Å². The van der Waals surface area contributed by atoms with Gasteiger partial charge >= 0.3 is 0 Å². The van der Waals surface area contributed by atoms with Gasteiger partial charge in [-0.25, -0.2) is 0 Å². The van der Waals surface area contributed by atoms with E-state index in [1.807, 2.05) is 0 Å². The summed E-state index contributed by atoms with van der Waals surface area (Å²) in [6, 6.07) is 42.8. The number of benzene rings is 4. The maximum atomic E-state index is 2.31. The molecule has 0 aliphatic heterocycles. The molecule has 29 heavy (non-hydrogen) atoms. The molecule has 0 nitrogen and oxygen atoms in total. The van der Waals surface area contributed by atoms with Gasteiger partial charge in [0.05, 0.1) is 0 Å². The van der Waals surface area contributed by atoms with Crippen LogP contribution < -0.4 is 21.2 Å². The van der Waals surface area contributed by atoms with Crippen LogP contribution in [0.2, 0.25) is 0 Å². The van der Waals surface area contributed by atoms with Gasteiger partial charge in [0, 0.05) is 19.5 Å². The molecule has 0 saturated carbocycles. The summed E-state index contributed by atoms with van der Waals surface area (Å²) in [6.07, 6.45) is 0. The van der Waals surface area contributed by atoms with E-state index in [0.29, 0.717) is 0 Å². The molecule has 0 spiro atoms. The van der Waals surface area contributed by atoms with Crippen molar-refractivity contribution in [2.75, 3.05) is 13.3 Å². The zero-order chi connectivity index (χ0) is 19.6. The zero-order valence-corrected chi connectivity index (χ0v) is 20.3. The van der Waals surface area contributed by atoms with Crippen molar-refractivity contribution in [3.63, 3.8) is 0 Å². The first-order valence-electron chi connectivity index (χ1n) is 9.43. The Bertz CT molecular complexity index is 769. The van der Waals surface area contributed by atoms with Crippen molar-refractivity contribution in [2.45, 2.75) is 0 Å². The van der Waals surface area contributed by atoms with Crippen molar-refractivity contribution in [2.24, 2.45) is 0 Å². The second kappa shape index (κ2) is 12.8. The first-order chi connectivity index (χ1) is 13.8. The second-order valence-corrected chi connectivity index (χ2v) is 10.8. The average molecular weight is 502 g/mol.